The number of nitrogens with zero attached hydrogens (tertiary/aromatic N) is 1. The van der Waals surface area contributed by atoms with Crippen molar-refractivity contribution in [2.45, 2.75) is 31.7 Å². The Kier molecular flexibility index (Phi) is 3.08. The summed E-state index contributed by atoms with van der Waals surface area (Å²) in [5.41, 5.74) is 0. The smallest absolute Gasteiger partial charge is 0.317 e. The van der Waals surface area contributed by atoms with Crippen molar-refractivity contribution in [1.82, 2.24) is 15.5 Å². The topological polar surface area (TPSA) is 61.4 Å². The lowest BCUT2D eigenvalue weighted by Gasteiger charge is -2.27. The first kappa shape index (κ1) is 10.3. The van der Waals surface area contributed by atoms with Crippen molar-refractivity contribution in [2.24, 2.45) is 0 Å². The van der Waals surface area contributed by atoms with Gasteiger partial charge in [0.15, 0.2) is 0 Å². The molecule has 2 aliphatic heterocycles. The fourth-order valence-electron chi connectivity index (χ4n) is 2.07. The van der Waals surface area contributed by atoms with Gasteiger partial charge < -0.3 is 15.5 Å². The Labute approximate surface area is 89.2 Å². The van der Waals surface area contributed by atoms with E-state index in [4.69, 9.17) is 0 Å². The highest BCUT2D eigenvalue weighted by atomic mass is 16.2. The van der Waals surface area contributed by atoms with E-state index in [0.29, 0.717) is 13.0 Å². The maximum atomic E-state index is 11.7. The third-order valence-electron chi connectivity index (χ3n) is 2.95. The van der Waals surface area contributed by atoms with Gasteiger partial charge in [0, 0.05) is 26.1 Å². The lowest BCUT2D eigenvalue weighted by molar-refractivity contribution is -0.119. The van der Waals surface area contributed by atoms with Gasteiger partial charge in [-0.05, 0) is 19.3 Å². The summed E-state index contributed by atoms with van der Waals surface area (Å²) >= 11 is 0. The molecule has 1 unspecified atom stereocenters. The van der Waals surface area contributed by atoms with Crippen molar-refractivity contribution in [3.05, 3.63) is 0 Å². The van der Waals surface area contributed by atoms with E-state index >= 15 is 0 Å². The third kappa shape index (κ3) is 2.61. The second kappa shape index (κ2) is 4.51. The predicted molar refractivity (Wildman–Crippen MR) is 55.4 cm³/mol. The molecule has 2 saturated heterocycles. The van der Waals surface area contributed by atoms with Crippen molar-refractivity contribution in [1.29, 1.82) is 0 Å². The molecule has 3 amide bonds. The van der Waals surface area contributed by atoms with E-state index in [1.54, 1.807) is 0 Å². The highest BCUT2D eigenvalue weighted by Gasteiger charge is 2.25. The van der Waals surface area contributed by atoms with Gasteiger partial charge in [-0.2, -0.15) is 0 Å². The number of urea groups is 1. The van der Waals surface area contributed by atoms with E-state index in [2.05, 4.69) is 10.6 Å². The maximum Gasteiger partial charge on any atom is 0.317 e. The lowest BCUT2D eigenvalue weighted by Crippen LogP contribution is -2.47. The number of hydrogen-bond acceptors (Lipinski definition) is 2. The summed E-state index contributed by atoms with van der Waals surface area (Å²) in [6, 6.07) is -0.0388. The standard InChI is InChI=1S/C10H17N3O2/c14-9-6-8(7-11-9)12-10(15)13-4-2-1-3-5-13/h8H,1-7H2,(H,11,14)(H,12,15). The van der Waals surface area contributed by atoms with Gasteiger partial charge in [0.2, 0.25) is 5.91 Å². The summed E-state index contributed by atoms with van der Waals surface area (Å²) in [6.45, 7) is 2.26. The molecule has 0 spiro atoms. The Bertz CT molecular complexity index is 261. The van der Waals surface area contributed by atoms with Crippen LogP contribution in [0.3, 0.4) is 0 Å². The summed E-state index contributed by atoms with van der Waals surface area (Å²) in [5.74, 6) is 0.0268. The predicted octanol–water partition coefficient (Wildman–Crippen LogP) is 0.0704. The molecular weight excluding hydrogens is 194 g/mol. The Morgan fingerprint density at radius 2 is 2.07 bits per heavy atom. The lowest BCUT2D eigenvalue weighted by atomic mass is 10.1. The summed E-state index contributed by atoms with van der Waals surface area (Å²) in [4.78, 5) is 24.5. The van der Waals surface area contributed by atoms with Gasteiger partial charge >= 0.3 is 6.03 Å². The number of nitrogens with one attached hydrogen (secondary N) is 2. The molecule has 2 heterocycles. The maximum absolute atomic E-state index is 11.7. The number of rotatable bonds is 1. The average Bonchev–Trinajstić information content (AvgIpc) is 2.65. The van der Waals surface area contributed by atoms with Crippen LogP contribution in [0.15, 0.2) is 0 Å². The van der Waals surface area contributed by atoms with Crippen molar-refractivity contribution < 1.29 is 9.59 Å². The van der Waals surface area contributed by atoms with Gasteiger partial charge in [-0.15, -0.1) is 0 Å². The van der Waals surface area contributed by atoms with Crippen LogP contribution in [-0.4, -0.2) is 42.5 Å². The third-order valence-corrected chi connectivity index (χ3v) is 2.95. The Hall–Kier alpha value is -1.26. The van der Waals surface area contributed by atoms with Gasteiger partial charge in [-0.25, -0.2) is 4.79 Å². The zero-order chi connectivity index (χ0) is 10.7. The average molecular weight is 211 g/mol. The summed E-state index contributed by atoms with van der Waals surface area (Å²) in [5, 5.41) is 5.59. The molecule has 0 saturated carbocycles. The van der Waals surface area contributed by atoms with E-state index in [9.17, 15) is 9.59 Å². The molecule has 0 bridgehead atoms. The van der Waals surface area contributed by atoms with Crippen molar-refractivity contribution in [2.75, 3.05) is 19.6 Å². The highest BCUT2D eigenvalue weighted by molar-refractivity contribution is 5.81. The molecule has 0 aromatic rings. The zero-order valence-electron chi connectivity index (χ0n) is 8.79. The molecule has 0 aliphatic carbocycles. The Morgan fingerprint density at radius 1 is 1.33 bits per heavy atom. The minimum absolute atomic E-state index is 0.0174. The number of carbonyl (C=O) groups excluding carboxylic acids is 2. The number of piperidine rings is 1. The van der Waals surface area contributed by atoms with Crippen molar-refractivity contribution >= 4 is 11.9 Å². The highest BCUT2D eigenvalue weighted by Crippen LogP contribution is 2.09. The zero-order valence-corrected chi connectivity index (χ0v) is 8.79. The molecule has 5 nitrogen and oxygen atoms in total. The fraction of sp³-hybridized carbons (Fsp3) is 0.800. The minimum Gasteiger partial charge on any atom is -0.354 e. The van der Waals surface area contributed by atoms with E-state index in [-0.39, 0.29) is 18.0 Å². The van der Waals surface area contributed by atoms with Crippen LogP contribution in [0.4, 0.5) is 4.79 Å². The molecule has 0 radical (unpaired) electrons. The second-order valence-corrected chi connectivity index (χ2v) is 4.20. The van der Waals surface area contributed by atoms with Crippen LogP contribution in [0, 0.1) is 0 Å². The van der Waals surface area contributed by atoms with E-state index < -0.39 is 0 Å². The largest absolute Gasteiger partial charge is 0.354 e. The van der Waals surface area contributed by atoms with Crippen LogP contribution >= 0.6 is 0 Å². The van der Waals surface area contributed by atoms with E-state index in [1.165, 1.54) is 6.42 Å². The van der Waals surface area contributed by atoms with Crippen LogP contribution in [0.1, 0.15) is 25.7 Å². The fourth-order valence-corrected chi connectivity index (χ4v) is 2.07. The normalized spacial score (nSPS) is 26.3. The molecule has 0 aromatic carbocycles. The van der Waals surface area contributed by atoms with Gasteiger partial charge in [-0.3, -0.25) is 4.79 Å². The molecule has 2 fully saturated rings. The number of hydrogen-bond donors (Lipinski definition) is 2. The first-order chi connectivity index (χ1) is 7.25. The van der Waals surface area contributed by atoms with Gasteiger partial charge in [-0.1, -0.05) is 0 Å². The van der Waals surface area contributed by atoms with Gasteiger partial charge in [0.05, 0.1) is 6.04 Å². The Balaban J connectivity index is 1.78. The minimum atomic E-state index is -0.0214. The van der Waals surface area contributed by atoms with Gasteiger partial charge in [0.25, 0.3) is 0 Å². The molecule has 2 rings (SSSR count). The summed E-state index contributed by atoms with van der Waals surface area (Å²) < 4.78 is 0. The van der Waals surface area contributed by atoms with Gasteiger partial charge in [0.1, 0.15) is 0 Å². The van der Waals surface area contributed by atoms with Crippen molar-refractivity contribution in [3.8, 4) is 0 Å². The first-order valence-electron chi connectivity index (χ1n) is 5.58. The molecule has 2 N–H and O–H groups in total. The number of likely N-dealkylation sites (tertiary alicyclic amines) is 1. The molecule has 84 valence electrons. The van der Waals surface area contributed by atoms with Crippen LogP contribution in [0.5, 0.6) is 0 Å². The SMILES string of the molecule is O=C1CC(NC(=O)N2CCCCC2)CN1. The van der Waals surface area contributed by atoms with Crippen LogP contribution < -0.4 is 10.6 Å². The Morgan fingerprint density at radius 3 is 2.67 bits per heavy atom. The molecule has 0 aromatic heterocycles. The molecule has 2 aliphatic rings. The van der Waals surface area contributed by atoms with Crippen LogP contribution in [-0.2, 0) is 4.79 Å². The van der Waals surface area contributed by atoms with Crippen LogP contribution in [0.25, 0.3) is 0 Å². The summed E-state index contributed by atoms with van der Waals surface area (Å²) in [7, 11) is 0. The summed E-state index contributed by atoms with van der Waals surface area (Å²) in [6.07, 6.45) is 3.82. The molecule has 5 heteroatoms. The molecule has 1 atom stereocenters. The van der Waals surface area contributed by atoms with E-state index in [1.807, 2.05) is 4.90 Å². The first-order valence-corrected chi connectivity index (χ1v) is 5.58. The molecule has 15 heavy (non-hydrogen) atoms. The monoisotopic (exact) mass is 211 g/mol. The quantitative estimate of drug-likeness (QED) is 0.644. The molecular formula is C10H17N3O2. The van der Waals surface area contributed by atoms with Crippen molar-refractivity contribution in [3.63, 3.8) is 0 Å². The number of carbonyl (C=O) groups is 2. The van der Waals surface area contributed by atoms with Crippen LogP contribution in [0.2, 0.25) is 0 Å². The second-order valence-electron chi connectivity index (χ2n) is 4.20. The number of amides is 3. The van der Waals surface area contributed by atoms with E-state index in [0.717, 1.165) is 25.9 Å².